The van der Waals surface area contributed by atoms with Crippen LogP contribution >= 0.6 is 0 Å². The third-order valence-corrected chi connectivity index (χ3v) is 5.85. The highest BCUT2D eigenvalue weighted by Crippen LogP contribution is 2.37. The summed E-state index contributed by atoms with van der Waals surface area (Å²) in [6.45, 7) is 5.41. The number of amides is 1. The fourth-order valence-electron chi connectivity index (χ4n) is 4.16. The molecule has 0 spiro atoms. The zero-order chi connectivity index (χ0) is 24.9. The summed E-state index contributed by atoms with van der Waals surface area (Å²) in [5.74, 6) is 2.53. The van der Waals surface area contributed by atoms with Gasteiger partial charge in [0.15, 0.2) is 11.5 Å². The van der Waals surface area contributed by atoms with Crippen LogP contribution in [0.1, 0.15) is 16.9 Å². The molecule has 9 nitrogen and oxygen atoms in total. The number of benzene rings is 1. The molecule has 1 amide bonds. The molecule has 4 rings (SSSR count). The van der Waals surface area contributed by atoms with Crippen LogP contribution in [0.25, 0.3) is 0 Å². The van der Waals surface area contributed by atoms with E-state index in [2.05, 4.69) is 21.4 Å². The van der Waals surface area contributed by atoms with Crippen LogP contribution in [-0.4, -0.2) is 55.1 Å². The lowest BCUT2D eigenvalue weighted by atomic mass is 10.1. The van der Waals surface area contributed by atoms with Crippen LogP contribution in [0, 0.1) is 5.92 Å². The molecule has 1 aliphatic heterocycles. The monoisotopic (exact) mass is 475 g/mol. The molecule has 0 bridgehead atoms. The first-order valence-electron chi connectivity index (χ1n) is 11.2. The number of hydrogen-bond acceptors (Lipinski definition) is 8. The predicted molar refractivity (Wildman–Crippen MR) is 134 cm³/mol. The van der Waals surface area contributed by atoms with Crippen molar-refractivity contribution < 1.29 is 19.0 Å². The molecule has 0 radical (unpaired) electrons. The van der Waals surface area contributed by atoms with E-state index in [-0.39, 0.29) is 17.5 Å². The number of nitrogens with zero attached hydrogens (tertiary/aromatic N) is 4. The van der Waals surface area contributed by atoms with Gasteiger partial charge < -0.3 is 29.7 Å². The summed E-state index contributed by atoms with van der Waals surface area (Å²) in [4.78, 5) is 25.4. The smallest absolute Gasteiger partial charge is 0.272 e. The van der Waals surface area contributed by atoms with Crippen molar-refractivity contribution in [1.29, 1.82) is 0 Å². The molecule has 1 aromatic carbocycles. The quantitative estimate of drug-likeness (QED) is 0.522. The van der Waals surface area contributed by atoms with Crippen molar-refractivity contribution in [3.63, 3.8) is 0 Å². The third-order valence-electron chi connectivity index (χ3n) is 5.85. The minimum absolute atomic E-state index is 0.182. The van der Waals surface area contributed by atoms with Crippen LogP contribution in [-0.2, 0) is 0 Å². The van der Waals surface area contributed by atoms with Crippen molar-refractivity contribution >= 4 is 17.4 Å². The zero-order valence-electron chi connectivity index (χ0n) is 20.1. The fraction of sp³-hybridized carbons (Fsp3) is 0.269. The van der Waals surface area contributed by atoms with Gasteiger partial charge >= 0.3 is 0 Å². The number of carbonyl (C=O) groups is 1. The highest BCUT2D eigenvalue weighted by molar-refractivity contribution is 5.92. The number of rotatable bonds is 8. The summed E-state index contributed by atoms with van der Waals surface area (Å²) in [5.41, 5.74) is 7.81. The van der Waals surface area contributed by atoms with Gasteiger partial charge in [-0.25, -0.2) is 9.97 Å². The summed E-state index contributed by atoms with van der Waals surface area (Å²) in [5, 5.41) is 0. The van der Waals surface area contributed by atoms with Crippen LogP contribution in [0.2, 0.25) is 0 Å². The minimum atomic E-state index is -0.203. The van der Waals surface area contributed by atoms with E-state index in [9.17, 15) is 4.79 Å². The zero-order valence-corrected chi connectivity index (χ0v) is 20.1. The number of para-hydroxylation sites is 1. The van der Waals surface area contributed by atoms with Gasteiger partial charge in [0.25, 0.3) is 5.91 Å². The molecule has 1 unspecified atom stereocenters. The number of hydrogen-bond donors (Lipinski definition) is 1. The maximum Gasteiger partial charge on any atom is 0.272 e. The van der Waals surface area contributed by atoms with Crippen molar-refractivity contribution in [3.05, 3.63) is 72.8 Å². The number of carbonyl (C=O) groups excluding carboxylic acids is 1. The molecule has 3 heterocycles. The Hall–Kier alpha value is -4.27. The summed E-state index contributed by atoms with van der Waals surface area (Å²) >= 11 is 0. The Balaban J connectivity index is 1.43. The molecule has 1 atom stereocenters. The van der Waals surface area contributed by atoms with Crippen molar-refractivity contribution in [2.75, 3.05) is 45.0 Å². The largest absolute Gasteiger partial charge is 0.494 e. The summed E-state index contributed by atoms with van der Waals surface area (Å²) in [6.07, 6.45) is 3.93. The molecule has 1 saturated heterocycles. The van der Waals surface area contributed by atoms with Gasteiger partial charge in [-0.15, -0.1) is 0 Å². The second-order valence-electron chi connectivity index (χ2n) is 8.35. The van der Waals surface area contributed by atoms with Gasteiger partial charge in [0.1, 0.15) is 28.7 Å². The fourth-order valence-corrected chi connectivity index (χ4v) is 4.16. The van der Waals surface area contributed by atoms with E-state index < -0.39 is 0 Å². The Morgan fingerprint density at radius 3 is 2.57 bits per heavy atom. The lowest BCUT2D eigenvalue weighted by molar-refractivity contribution is 0.0770. The van der Waals surface area contributed by atoms with E-state index in [4.69, 9.17) is 19.9 Å². The normalized spacial score (nSPS) is 15.1. The number of methoxy groups -OCH3 is 2. The van der Waals surface area contributed by atoms with Crippen LogP contribution < -0.4 is 24.8 Å². The van der Waals surface area contributed by atoms with E-state index in [0.717, 1.165) is 17.8 Å². The van der Waals surface area contributed by atoms with Crippen LogP contribution in [0.15, 0.2) is 67.1 Å². The summed E-state index contributed by atoms with van der Waals surface area (Å²) < 4.78 is 16.8. The molecule has 35 heavy (non-hydrogen) atoms. The minimum Gasteiger partial charge on any atom is -0.494 e. The SMILES string of the molecule is C=C1CC(CN(C)C(=O)c2cc(OC)c(Oc3ccccc3)cn2)CN1c1cnc(N)cc1OC. The van der Waals surface area contributed by atoms with Gasteiger partial charge in [0.05, 0.1) is 26.6 Å². The molecule has 9 heteroatoms. The Morgan fingerprint density at radius 1 is 1.11 bits per heavy atom. The Bertz CT molecular complexity index is 1220. The Kier molecular flexibility index (Phi) is 7.05. The first kappa shape index (κ1) is 23.9. The molecular weight excluding hydrogens is 446 g/mol. The molecular formula is C26H29N5O4. The Morgan fingerprint density at radius 2 is 1.86 bits per heavy atom. The maximum atomic E-state index is 13.1. The topological polar surface area (TPSA) is 103 Å². The third kappa shape index (κ3) is 5.29. The second-order valence-corrected chi connectivity index (χ2v) is 8.35. The van der Waals surface area contributed by atoms with Crippen molar-refractivity contribution in [2.45, 2.75) is 6.42 Å². The number of anilines is 2. The van der Waals surface area contributed by atoms with Gasteiger partial charge in [-0.2, -0.15) is 0 Å². The first-order chi connectivity index (χ1) is 16.9. The van der Waals surface area contributed by atoms with Gasteiger partial charge in [-0.3, -0.25) is 4.79 Å². The van der Waals surface area contributed by atoms with Crippen molar-refractivity contribution in [1.82, 2.24) is 14.9 Å². The van der Waals surface area contributed by atoms with E-state index in [0.29, 0.717) is 41.9 Å². The lowest BCUT2D eigenvalue weighted by Crippen LogP contribution is -2.33. The average molecular weight is 476 g/mol. The molecule has 2 N–H and O–H groups in total. The summed E-state index contributed by atoms with van der Waals surface area (Å²) in [7, 11) is 4.89. The first-order valence-corrected chi connectivity index (χ1v) is 11.2. The van der Waals surface area contributed by atoms with Gasteiger partial charge in [0, 0.05) is 38.0 Å². The predicted octanol–water partition coefficient (Wildman–Crippen LogP) is 3.98. The number of pyridine rings is 2. The van der Waals surface area contributed by atoms with Gasteiger partial charge in [-0.1, -0.05) is 24.8 Å². The van der Waals surface area contributed by atoms with Gasteiger partial charge in [0.2, 0.25) is 0 Å². The molecule has 0 saturated carbocycles. The molecule has 2 aromatic heterocycles. The van der Waals surface area contributed by atoms with Crippen LogP contribution in [0.3, 0.4) is 0 Å². The van der Waals surface area contributed by atoms with E-state index >= 15 is 0 Å². The lowest BCUT2D eigenvalue weighted by Gasteiger charge is -2.23. The molecule has 1 aliphatic rings. The highest BCUT2D eigenvalue weighted by Gasteiger charge is 2.30. The molecule has 3 aromatic rings. The number of ether oxygens (including phenoxy) is 3. The number of allylic oxidation sites excluding steroid dienone is 1. The standard InChI is InChI=1S/C26H29N5O4/c1-17-10-18(16-31(17)21-13-29-25(27)12-22(21)33-3)15-30(2)26(32)20-11-23(34-4)24(14-28-20)35-19-8-6-5-7-9-19/h5-9,11-14,18H,1,10,15-16H2,2-4H3,(H2,27,29). The van der Waals surface area contributed by atoms with E-state index in [1.54, 1.807) is 37.4 Å². The van der Waals surface area contributed by atoms with Gasteiger partial charge in [-0.05, 0) is 24.5 Å². The average Bonchev–Trinajstić information content (AvgIpc) is 3.23. The highest BCUT2D eigenvalue weighted by atomic mass is 16.5. The number of nitrogens with two attached hydrogens (primary N) is 1. The molecule has 182 valence electrons. The van der Waals surface area contributed by atoms with Crippen LogP contribution in [0.4, 0.5) is 11.5 Å². The van der Waals surface area contributed by atoms with E-state index in [1.807, 2.05) is 30.3 Å². The summed E-state index contributed by atoms with van der Waals surface area (Å²) in [6, 6.07) is 12.6. The number of nitrogen functional groups attached to an aromatic ring is 1. The number of aromatic nitrogens is 2. The van der Waals surface area contributed by atoms with Crippen LogP contribution in [0.5, 0.6) is 23.0 Å². The van der Waals surface area contributed by atoms with E-state index in [1.165, 1.54) is 13.3 Å². The second kappa shape index (κ2) is 10.3. The molecule has 1 fully saturated rings. The van der Waals surface area contributed by atoms with Crippen molar-refractivity contribution in [3.8, 4) is 23.0 Å². The molecule has 0 aliphatic carbocycles. The van der Waals surface area contributed by atoms with Crippen molar-refractivity contribution in [2.24, 2.45) is 5.92 Å². The maximum absolute atomic E-state index is 13.1. The Labute approximate surface area is 204 Å².